The number of aromatic amines is 1. The third-order valence-corrected chi connectivity index (χ3v) is 7.79. The number of likely N-dealkylation sites (tertiary alicyclic amines) is 1. The molecule has 1 amide bonds. The Balaban J connectivity index is 1.29. The van der Waals surface area contributed by atoms with Crippen molar-refractivity contribution < 1.29 is 13.2 Å². The summed E-state index contributed by atoms with van der Waals surface area (Å²) in [5.41, 5.74) is 4.44. The molecule has 0 bridgehead atoms. The fourth-order valence-electron chi connectivity index (χ4n) is 4.29. The van der Waals surface area contributed by atoms with Crippen molar-refractivity contribution in [1.29, 1.82) is 0 Å². The number of para-hydroxylation sites is 1. The second-order valence-electron chi connectivity index (χ2n) is 8.34. The van der Waals surface area contributed by atoms with Crippen LogP contribution in [0.2, 0.25) is 0 Å². The first kappa shape index (κ1) is 21.6. The second kappa shape index (κ2) is 8.85. The molecule has 2 heterocycles. The maximum absolute atomic E-state index is 12.6. The zero-order valence-corrected chi connectivity index (χ0v) is 18.8. The molecule has 0 radical (unpaired) electrons. The molecule has 1 aromatic heterocycles. The smallest absolute Gasteiger partial charge is 0.240 e. The lowest BCUT2D eigenvalue weighted by atomic mass is 9.89. The highest BCUT2D eigenvalue weighted by molar-refractivity contribution is 7.89. The number of amides is 1. The molecule has 0 unspecified atom stereocenters. The topological polar surface area (TPSA) is 82.3 Å². The van der Waals surface area contributed by atoms with Crippen LogP contribution in [0.5, 0.6) is 0 Å². The number of benzene rings is 2. The van der Waals surface area contributed by atoms with Crippen molar-refractivity contribution in [3.05, 3.63) is 65.4 Å². The van der Waals surface area contributed by atoms with Gasteiger partial charge < -0.3 is 9.88 Å². The van der Waals surface area contributed by atoms with E-state index in [9.17, 15) is 13.2 Å². The number of rotatable bonds is 6. The van der Waals surface area contributed by atoms with Crippen molar-refractivity contribution >= 4 is 26.8 Å². The minimum atomic E-state index is -3.61. The van der Waals surface area contributed by atoms with Gasteiger partial charge in [-0.3, -0.25) is 4.79 Å². The highest BCUT2D eigenvalue weighted by atomic mass is 32.2. The largest absolute Gasteiger partial charge is 0.361 e. The number of carbonyl (C=O) groups is 1. The second-order valence-corrected chi connectivity index (χ2v) is 10.1. The van der Waals surface area contributed by atoms with Gasteiger partial charge in [0.25, 0.3) is 0 Å². The molecule has 31 heavy (non-hydrogen) atoms. The molecule has 4 rings (SSSR count). The molecule has 1 aliphatic rings. The normalized spacial score (nSPS) is 15.5. The molecule has 6 nitrogen and oxygen atoms in total. The maximum atomic E-state index is 12.6. The van der Waals surface area contributed by atoms with Gasteiger partial charge in [-0.1, -0.05) is 24.3 Å². The van der Waals surface area contributed by atoms with E-state index < -0.39 is 10.0 Å². The Morgan fingerprint density at radius 3 is 2.58 bits per heavy atom. The van der Waals surface area contributed by atoms with E-state index in [-0.39, 0.29) is 23.8 Å². The van der Waals surface area contributed by atoms with Crippen LogP contribution in [-0.4, -0.2) is 43.8 Å². The lowest BCUT2D eigenvalue weighted by Gasteiger charge is -2.32. The molecular formula is C24H29N3O3S. The number of nitrogens with zero attached hydrogens (tertiary/aromatic N) is 1. The number of piperidine rings is 1. The fourth-order valence-corrected chi connectivity index (χ4v) is 5.40. The Hall–Kier alpha value is -2.64. The Labute approximate surface area is 183 Å². The van der Waals surface area contributed by atoms with E-state index in [1.165, 1.54) is 10.9 Å². The monoisotopic (exact) mass is 439 g/mol. The Bertz CT molecular complexity index is 1190. The average molecular weight is 440 g/mol. The van der Waals surface area contributed by atoms with Crippen molar-refractivity contribution in [2.45, 2.75) is 43.9 Å². The number of sulfonamides is 1. The van der Waals surface area contributed by atoms with Gasteiger partial charge in [-0.15, -0.1) is 0 Å². The number of carbonyl (C=O) groups excluding carboxylic acids is 1. The van der Waals surface area contributed by atoms with E-state index in [2.05, 4.69) is 34.1 Å². The van der Waals surface area contributed by atoms with Crippen molar-refractivity contribution in [2.75, 3.05) is 19.6 Å². The summed E-state index contributed by atoms with van der Waals surface area (Å²) < 4.78 is 27.6. The summed E-state index contributed by atoms with van der Waals surface area (Å²) in [5.74, 6) is 0.434. The lowest BCUT2D eigenvalue weighted by Crippen LogP contribution is -2.39. The van der Waals surface area contributed by atoms with Crippen LogP contribution >= 0.6 is 0 Å². The summed E-state index contributed by atoms with van der Waals surface area (Å²) in [6, 6.07) is 13.4. The molecule has 2 aromatic carbocycles. The van der Waals surface area contributed by atoms with E-state index in [1.54, 1.807) is 18.2 Å². The Kier molecular flexibility index (Phi) is 6.16. The van der Waals surface area contributed by atoms with Crippen LogP contribution in [0.1, 0.15) is 41.9 Å². The molecule has 7 heteroatoms. The Morgan fingerprint density at radius 1 is 1.10 bits per heavy atom. The van der Waals surface area contributed by atoms with Crippen molar-refractivity contribution in [3.63, 3.8) is 0 Å². The van der Waals surface area contributed by atoms with Crippen molar-refractivity contribution in [3.8, 4) is 0 Å². The van der Waals surface area contributed by atoms with Gasteiger partial charge in [-0.2, -0.15) is 0 Å². The van der Waals surface area contributed by atoms with Gasteiger partial charge in [0.15, 0.2) is 0 Å². The summed E-state index contributed by atoms with van der Waals surface area (Å²) in [6.07, 6.45) is 4.10. The third-order valence-electron chi connectivity index (χ3n) is 6.33. The molecule has 0 atom stereocenters. The van der Waals surface area contributed by atoms with Gasteiger partial charge in [0, 0.05) is 43.2 Å². The van der Waals surface area contributed by atoms with E-state index in [0.29, 0.717) is 19.0 Å². The predicted octanol–water partition coefficient (Wildman–Crippen LogP) is 3.86. The molecule has 0 saturated carbocycles. The Morgan fingerprint density at radius 2 is 1.84 bits per heavy atom. The summed E-state index contributed by atoms with van der Waals surface area (Å²) >= 11 is 0. The molecule has 0 spiro atoms. The van der Waals surface area contributed by atoms with Gasteiger partial charge in [0.05, 0.1) is 4.90 Å². The lowest BCUT2D eigenvalue weighted by molar-refractivity contribution is -0.132. The molecule has 2 N–H and O–H groups in total. The number of aryl methyl sites for hydroxylation is 2. The van der Waals surface area contributed by atoms with Crippen LogP contribution in [0, 0.1) is 13.8 Å². The van der Waals surface area contributed by atoms with Gasteiger partial charge in [-0.25, -0.2) is 13.1 Å². The minimum absolute atomic E-state index is 0.000151. The summed E-state index contributed by atoms with van der Waals surface area (Å²) in [6.45, 7) is 5.34. The number of H-pyrrole nitrogens is 1. The highest BCUT2D eigenvalue weighted by Crippen LogP contribution is 2.33. The van der Waals surface area contributed by atoms with Crippen LogP contribution < -0.4 is 4.72 Å². The molecule has 1 saturated heterocycles. The van der Waals surface area contributed by atoms with Crippen molar-refractivity contribution in [2.24, 2.45) is 0 Å². The van der Waals surface area contributed by atoms with Crippen LogP contribution in [0.4, 0.5) is 0 Å². The maximum Gasteiger partial charge on any atom is 0.240 e. The third kappa shape index (κ3) is 4.67. The number of fused-ring (bicyclic) bond motifs is 1. The quantitative estimate of drug-likeness (QED) is 0.612. The molecule has 1 aliphatic heterocycles. The van der Waals surface area contributed by atoms with E-state index in [0.717, 1.165) is 29.5 Å². The van der Waals surface area contributed by atoms with Gasteiger partial charge in [-0.05, 0) is 67.5 Å². The number of aromatic nitrogens is 1. The fraction of sp³-hybridized carbons (Fsp3) is 0.375. The van der Waals surface area contributed by atoms with E-state index in [1.807, 2.05) is 24.8 Å². The molecule has 3 aromatic rings. The van der Waals surface area contributed by atoms with Crippen molar-refractivity contribution in [1.82, 2.24) is 14.6 Å². The standard InChI is InChI=1S/C24H29N3O3S/c1-17-7-8-20(15-18(17)2)31(29,30)26-12-9-24(28)27-13-10-19(11-14-27)22-16-25-23-6-4-3-5-21(22)23/h3-8,15-16,19,25-26H,9-14H2,1-2H3. The van der Waals surface area contributed by atoms with E-state index in [4.69, 9.17) is 0 Å². The predicted molar refractivity (Wildman–Crippen MR) is 123 cm³/mol. The zero-order valence-electron chi connectivity index (χ0n) is 18.0. The first-order valence-electron chi connectivity index (χ1n) is 10.8. The van der Waals surface area contributed by atoms with Gasteiger partial charge in [0.2, 0.25) is 15.9 Å². The SMILES string of the molecule is Cc1ccc(S(=O)(=O)NCCC(=O)N2CCC(c3c[nH]c4ccccc34)CC2)cc1C. The molecule has 1 fully saturated rings. The number of hydrogen-bond donors (Lipinski definition) is 2. The summed E-state index contributed by atoms with van der Waals surface area (Å²) in [5, 5.41) is 1.26. The average Bonchev–Trinajstić information content (AvgIpc) is 3.19. The van der Waals surface area contributed by atoms with Crippen LogP contribution in [0.15, 0.2) is 53.6 Å². The first-order valence-corrected chi connectivity index (χ1v) is 12.2. The van der Waals surface area contributed by atoms with Crippen LogP contribution in [0.3, 0.4) is 0 Å². The molecule has 0 aliphatic carbocycles. The molecular weight excluding hydrogens is 410 g/mol. The summed E-state index contributed by atoms with van der Waals surface area (Å²) in [7, 11) is -3.61. The van der Waals surface area contributed by atoms with E-state index >= 15 is 0 Å². The van der Waals surface area contributed by atoms with Gasteiger partial charge in [0.1, 0.15) is 0 Å². The number of nitrogens with one attached hydrogen (secondary N) is 2. The first-order chi connectivity index (χ1) is 14.8. The number of hydrogen-bond acceptors (Lipinski definition) is 3. The van der Waals surface area contributed by atoms with Crippen LogP contribution in [-0.2, 0) is 14.8 Å². The van der Waals surface area contributed by atoms with Crippen LogP contribution in [0.25, 0.3) is 10.9 Å². The van der Waals surface area contributed by atoms with Gasteiger partial charge >= 0.3 is 0 Å². The minimum Gasteiger partial charge on any atom is -0.361 e. The summed E-state index contributed by atoms with van der Waals surface area (Å²) in [4.78, 5) is 18.0. The highest BCUT2D eigenvalue weighted by Gasteiger charge is 2.25. The zero-order chi connectivity index (χ0) is 22.0. The molecule has 164 valence electrons.